The molecule has 0 atom stereocenters. The van der Waals surface area contributed by atoms with E-state index in [1.54, 1.807) is 6.07 Å². The lowest BCUT2D eigenvalue weighted by Crippen LogP contribution is -2.23. The fourth-order valence-corrected chi connectivity index (χ4v) is 1.58. The van der Waals surface area contributed by atoms with E-state index in [1.807, 2.05) is 0 Å². The Hall–Kier alpha value is -2.09. The molecule has 92 valence electrons. The number of halogens is 1. The summed E-state index contributed by atoms with van der Waals surface area (Å²) < 4.78 is 6.04. The van der Waals surface area contributed by atoms with Crippen LogP contribution in [0.5, 0.6) is 0 Å². The number of esters is 1. The highest BCUT2D eigenvalue weighted by atomic mass is 79.9. The van der Waals surface area contributed by atoms with Crippen LogP contribution in [0.4, 0.5) is 0 Å². The minimum Gasteiger partial charge on any atom is -0.464 e. The summed E-state index contributed by atoms with van der Waals surface area (Å²) in [7, 11) is 1.24. The number of ether oxygens (including phenoxy) is 1. The number of hydrogen-bond donors (Lipinski definition) is 0. The van der Waals surface area contributed by atoms with E-state index in [4.69, 9.17) is 0 Å². The normalized spacial score (nSPS) is 10.1. The van der Waals surface area contributed by atoms with Crippen molar-refractivity contribution >= 4 is 21.9 Å². The van der Waals surface area contributed by atoms with Gasteiger partial charge in [-0.05, 0) is 22.0 Å². The molecular weight excluding hydrogens is 304 g/mol. The lowest BCUT2D eigenvalue weighted by atomic mass is 10.4. The van der Waals surface area contributed by atoms with Crippen LogP contribution in [0.15, 0.2) is 33.8 Å². The van der Waals surface area contributed by atoms with Gasteiger partial charge < -0.3 is 4.74 Å². The van der Waals surface area contributed by atoms with Gasteiger partial charge in [-0.1, -0.05) is 0 Å². The minimum absolute atomic E-state index is 0.0324. The second kappa shape index (κ2) is 5.05. The van der Waals surface area contributed by atoms with Crippen LogP contribution in [-0.2, 0) is 4.74 Å². The van der Waals surface area contributed by atoms with E-state index >= 15 is 0 Å². The second-order valence-corrected chi connectivity index (χ2v) is 4.01. The number of hydrogen-bond acceptors (Lipinski definition) is 6. The van der Waals surface area contributed by atoms with Crippen LogP contribution in [0.25, 0.3) is 5.69 Å². The molecule has 0 aromatic carbocycles. The third-order valence-corrected chi connectivity index (χ3v) is 2.44. The van der Waals surface area contributed by atoms with Gasteiger partial charge in [-0.25, -0.2) is 4.79 Å². The van der Waals surface area contributed by atoms with Crippen LogP contribution in [0.1, 0.15) is 10.5 Å². The molecule has 0 radical (unpaired) electrons. The number of methoxy groups -OCH3 is 1. The fourth-order valence-electron chi connectivity index (χ4n) is 1.26. The van der Waals surface area contributed by atoms with Crippen LogP contribution < -0.4 is 5.56 Å². The molecule has 2 aromatic rings. The summed E-state index contributed by atoms with van der Waals surface area (Å²) in [6, 6.07) is 4.09. The molecule has 18 heavy (non-hydrogen) atoms. The Balaban J connectivity index is 2.57. The van der Waals surface area contributed by atoms with Crippen LogP contribution in [0, 0.1) is 0 Å². The third kappa shape index (κ3) is 2.43. The van der Waals surface area contributed by atoms with Gasteiger partial charge in [0.2, 0.25) is 0 Å². The van der Waals surface area contributed by atoms with E-state index in [2.05, 4.69) is 36.0 Å². The zero-order valence-corrected chi connectivity index (χ0v) is 10.8. The molecule has 2 heterocycles. The predicted molar refractivity (Wildman–Crippen MR) is 64.5 cm³/mol. The van der Waals surface area contributed by atoms with Crippen molar-refractivity contribution < 1.29 is 9.53 Å². The maximum Gasteiger partial charge on any atom is 0.358 e. The molecule has 0 saturated carbocycles. The fraction of sp³-hybridized carbons (Fsp3) is 0.100. The van der Waals surface area contributed by atoms with Crippen molar-refractivity contribution in [2.24, 2.45) is 0 Å². The summed E-state index contributed by atoms with van der Waals surface area (Å²) in [6.07, 6.45) is 1.36. The third-order valence-electron chi connectivity index (χ3n) is 2.05. The maximum atomic E-state index is 11.7. The van der Waals surface area contributed by atoms with Crippen molar-refractivity contribution in [3.05, 3.63) is 45.0 Å². The van der Waals surface area contributed by atoms with Gasteiger partial charge >= 0.3 is 5.97 Å². The van der Waals surface area contributed by atoms with Crippen LogP contribution in [-0.4, -0.2) is 33.1 Å². The van der Waals surface area contributed by atoms with E-state index < -0.39 is 5.97 Å². The molecule has 0 fully saturated rings. The van der Waals surface area contributed by atoms with Crippen molar-refractivity contribution in [1.82, 2.24) is 20.0 Å². The molecule has 0 N–H and O–H groups in total. The van der Waals surface area contributed by atoms with E-state index in [0.29, 0.717) is 10.3 Å². The Kier molecular flexibility index (Phi) is 3.47. The van der Waals surface area contributed by atoms with Crippen LogP contribution in [0.3, 0.4) is 0 Å². The molecular formula is C10H7BrN4O3. The number of carbonyl (C=O) groups is 1. The summed E-state index contributed by atoms with van der Waals surface area (Å²) in [5.41, 5.74) is 0.0419. The Labute approximate surface area is 110 Å². The Bertz CT molecular complexity index is 656. The number of rotatable bonds is 2. The molecule has 0 saturated heterocycles. The molecule has 7 nitrogen and oxygen atoms in total. The van der Waals surface area contributed by atoms with Gasteiger partial charge in [0.15, 0.2) is 5.69 Å². The van der Waals surface area contributed by atoms with Crippen molar-refractivity contribution in [2.75, 3.05) is 7.11 Å². The molecule has 0 bridgehead atoms. The van der Waals surface area contributed by atoms with Gasteiger partial charge in [-0.3, -0.25) is 4.79 Å². The first-order valence-electron chi connectivity index (χ1n) is 4.79. The smallest absolute Gasteiger partial charge is 0.358 e. The van der Waals surface area contributed by atoms with E-state index in [0.717, 1.165) is 4.68 Å². The average Bonchev–Trinajstić information content (AvgIpc) is 2.38. The Morgan fingerprint density at radius 3 is 2.89 bits per heavy atom. The topological polar surface area (TPSA) is 87.0 Å². The highest BCUT2D eigenvalue weighted by Gasteiger charge is 2.10. The molecule has 0 unspecified atom stereocenters. The molecule has 2 rings (SSSR count). The van der Waals surface area contributed by atoms with Gasteiger partial charge in [-0.2, -0.15) is 14.9 Å². The second-order valence-electron chi connectivity index (χ2n) is 3.20. The molecule has 0 spiro atoms. The van der Waals surface area contributed by atoms with Gasteiger partial charge in [0.25, 0.3) is 5.56 Å². The zero-order chi connectivity index (χ0) is 13.1. The molecule has 0 amide bonds. The van der Waals surface area contributed by atoms with Gasteiger partial charge in [0.05, 0.1) is 19.0 Å². The summed E-state index contributed by atoms with van der Waals surface area (Å²) in [6.45, 7) is 0. The number of aromatic nitrogens is 4. The van der Waals surface area contributed by atoms with E-state index in [-0.39, 0.29) is 11.3 Å². The molecule has 0 aliphatic rings. The molecule has 8 heteroatoms. The van der Waals surface area contributed by atoms with Crippen LogP contribution in [0.2, 0.25) is 0 Å². The lowest BCUT2D eigenvalue weighted by molar-refractivity contribution is 0.0591. The van der Waals surface area contributed by atoms with Crippen molar-refractivity contribution in [2.45, 2.75) is 0 Å². The molecule has 2 aromatic heterocycles. The Morgan fingerprint density at radius 2 is 2.22 bits per heavy atom. The average molecular weight is 311 g/mol. The highest BCUT2D eigenvalue weighted by Crippen LogP contribution is 2.08. The minimum atomic E-state index is -0.621. The first-order chi connectivity index (χ1) is 8.61. The van der Waals surface area contributed by atoms with E-state index in [1.165, 1.54) is 25.4 Å². The summed E-state index contributed by atoms with van der Waals surface area (Å²) in [5.74, 6) is -0.621. The van der Waals surface area contributed by atoms with Crippen LogP contribution >= 0.6 is 15.9 Å². The standard InChI is InChI=1S/C10H7BrN4O3/c1-18-10(17)7-2-3-9(16)15(14-7)6-4-8(11)13-12-5-6/h2-5H,1H3. The monoisotopic (exact) mass is 310 g/mol. The summed E-state index contributed by atoms with van der Waals surface area (Å²) in [4.78, 5) is 23.0. The van der Waals surface area contributed by atoms with Gasteiger partial charge in [0.1, 0.15) is 4.60 Å². The Morgan fingerprint density at radius 1 is 1.44 bits per heavy atom. The largest absolute Gasteiger partial charge is 0.464 e. The quantitative estimate of drug-likeness (QED) is 0.754. The first kappa shape index (κ1) is 12.4. The highest BCUT2D eigenvalue weighted by molar-refractivity contribution is 9.10. The van der Waals surface area contributed by atoms with Gasteiger partial charge in [0, 0.05) is 12.1 Å². The van der Waals surface area contributed by atoms with Crippen molar-refractivity contribution in [3.8, 4) is 5.69 Å². The lowest BCUT2D eigenvalue weighted by Gasteiger charge is -2.05. The summed E-state index contributed by atoms with van der Waals surface area (Å²) >= 11 is 3.14. The van der Waals surface area contributed by atoms with Crippen molar-refractivity contribution in [1.29, 1.82) is 0 Å². The first-order valence-corrected chi connectivity index (χ1v) is 5.58. The predicted octanol–water partition coefficient (Wildman–Crippen LogP) is 0.572. The molecule has 0 aliphatic carbocycles. The SMILES string of the molecule is COC(=O)c1ccc(=O)n(-c2cnnc(Br)c2)n1. The van der Waals surface area contributed by atoms with Gasteiger partial charge in [-0.15, -0.1) is 5.10 Å². The van der Waals surface area contributed by atoms with E-state index in [9.17, 15) is 9.59 Å². The number of nitrogens with zero attached hydrogens (tertiary/aromatic N) is 4. The summed E-state index contributed by atoms with van der Waals surface area (Å²) in [5, 5.41) is 11.3. The van der Waals surface area contributed by atoms with Crippen molar-refractivity contribution in [3.63, 3.8) is 0 Å². The maximum absolute atomic E-state index is 11.7. The zero-order valence-electron chi connectivity index (χ0n) is 9.20. The molecule has 0 aliphatic heterocycles. The number of carbonyl (C=O) groups excluding carboxylic acids is 1.